The Morgan fingerprint density at radius 3 is 2.67 bits per heavy atom. The molecule has 0 spiro atoms. The van der Waals surface area contributed by atoms with Crippen LogP contribution >= 0.6 is 0 Å². The van der Waals surface area contributed by atoms with Crippen LogP contribution in [0.3, 0.4) is 0 Å². The lowest BCUT2D eigenvalue weighted by Gasteiger charge is -2.11. The highest BCUT2D eigenvalue weighted by Gasteiger charge is 2.13. The first-order valence-electron chi connectivity index (χ1n) is 5.90. The van der Waals surface area contributed by atoms with Gasteiger partial charge < -0.3 is 9.84 Å². The second kappa shape index (κ2) is 5.60. The molecule has 1 aromatic carbocycles. The highest BCUT2D eigenvalue weighted by molar-refractivity contribution is 5.32. The first-order valence-corrected chi connectivity index (χ1v) is 5.90. The van der Waals surface area contributed by atoms with Crippen LogP contribution in [0.2, 0.25) is 0 Å². The highest BCUT2D eigenvalue weighted by Crippen LogP contribution is 2.22. The van der Waals surface area contributed by atoms with Gasteiger partial charge in [0.1, 0.15) is 11.9 Å². The van der Waals surface area contributed by atoms with Crippen molar-refractivity contribution in [2.75, 3.05) is 6.61 Å². The van der Waals surface area contributed by atoms with Gasteiger partial charge in [-0.1, -0.05) is 12.1 Å². The van der Waals surface area contributed by atoms with E-state index in [2.05, 4.69) is 9.97 Å². The van der Waals surface area contributed by atoms with E-state index in [4.69, 9.17) is 4.74 Å². The van der Waals surface area contributed by atoms with Gasteiger partial charge in [-0.05, 0) is 37.1 Å². The predicted molar refractivity (Wildman–Crippen MR) is 68.4 cm³/mol. The molecule has 4 nitrogen and oxygen atoms in total. The van der Waals surface area contributed by atoms with Gasteiger partial charge in [0.05, 0.1) is 6.61 Å². The molecule has 0 aliphatic rings. The monoisotopic (exact) mass is 244 g/mol. The lowest BCUT2D eigenvalue weighted by Crippen LogP contribution is -2.05. The maximum absolute atomic E-state index is 10.2. The van der Waals surface area contributed by atoms with Gasteiger partial charge in [0, 0.05) is 12.4 Å². The van der Waals surface area contributed by atoms with Crippen LogP contribution in [0.4, 0.5) is 0 Å². The van der Waals surface area contributed by atoms with Gasteiger partial charge in [0.25, 0.3) is 0 Å². The Morgan fingerprint density at radius 1 is 1.28 bits per heavy atom. The molecule has 1 aromatic heterocycles. The molecule has 1 unspecified atom stereocenters. The maximum atomic E-state index is 10.2. The van der Waals surface area contributed by atoms with Crippen molar-refractivity contribution in [1.29, 1.82) is 0 Å². The largest absolute Gasteiger partial charge is 0.494 e. The Bertz CT molecular complexity index is 511. The second-order valence-corrected chi connectivity index (χ2v) is 4.03. The Balaban J connectivity index is 2.24. The highest BCUT2D eigenvalue weighted by atomic mass is 16.5. The molecule has 0 aliphatic heterocycles. The zero-order valence-corrected chi connectivity index (χ0v) is 10.5. The standard InChI is InChI=1S/C14H16N2O2/c1-3-18-12-6-4-5-11(7-12)13(17)14-15-8-10(2)9-16-14/h4-9,13,17H,3H2,1-2H3. The quantitative estimate of drug-likeness (QED) is 0.896. The molecule has 18 heavy (non-hydrogen) atoms. The number of aliphatic hydroxyl groups excluding tert-OH is 1. The van der Waals surface area contributed by atoms with Crippen LogP contribution in [0.25, 0.3) is 0 Å². The number of benzene rings is 1. The minimum Gasteiger partial charge on any atom is -0.494 e. The molecule has 0 fully saturated rings. The number of ether oxygens (including phenoxy) is 1. The van der Waals surface area contributed by atoms with Crippen LogP contribution in [0, 0.1) is 6.92 Å². The van der Waals surface area contributed by atoms with Crippen LogP contribution in [0.15, 0.2) is 36.7 Å². The summed E-state index contributed by atoms with van der Waals surface area (Å²) in [4.78, 5) is 8.26. The van der Waals surface area contributed by atoms with Gasteiger partial charge in [-0.15, -0.1) is 0 Å². The molecule has 2 rings (SSSR count). The van der Waals surface area contributed by atoms with Crippen molar-refractivity contribution in [3.8, 4) is 5.75 Å². The summed E-state index contributed by atoms with van der Waals surface area (Å²) in [6, 6.07) is 7.33. The van der Waals surface area contributed by atoms with Crippen molar-refractivity contribution in [3.63, 3.8) is 0 Å². The minimum absolute atomic E-state index is 0.397. The zero-order valence-electron chi connectivity index (χ0n) is 10.5. The molecule has 2 aromatic rings. The van der Waals surface area contributed by atoms with E-state index < -0.39 is 6.10 Å². The van der Waals surface area contributed by atoms with Crippen molar-refractivity contribution in [1.82, 2.24) is 9.97 Å². The summed E-state index contributed by atoms with van der Waals surface area (Å²) >= 11 is 0. The Morgan fingerprint density at radius 2 is 2.00 bits per heavy atom. The fraction of sp³-hybridized carbons (Fsp3) is 0.286. The topological polar surface area (TPSA) is 55.2 Å². The number of aliphatic hydroxyl groups is 1. The molecule has 0 radical (unpaired) electrons. The Kier molecular flexibility index (Phi) is 3.89. The van der Waals surface area contributed by atoms with Crippen LogP contribution in [0.1, 0.15) is 30.0 Å². The molecule has 0 saturated carbocycles. The summed E-state index contributed by atoms with van der Waals surface area (Å²) < 4.78 is 5.40. The molecule has 4 heteroatoms. The summed E-state index contributed by atoms with van der Waals surface area (Å²) in [5.74, 6) is 1.13. The van der Waals surface area contributed by atoms with Crippen molar-refractivity contribution in [3.05, 3.63) is 53.6 Å². The number of aromatic nitrogens is 2. The molecule has 0 saturated heterocycles. The van der Waals surface area contributed by atoms with E-state index >= 15 is 0 Å². The number of hydrogen-bond donors (Lipinski definition) is 1. The Hall–Kier alpha value is -1.94. The van der Waals surface area contributed by atoms with Crippen molar-refractivity contribution < 1.29 is 9.84 Å². The van der Waals surface area contributed by atoms with Crippen molar-refractivity contribution in [2.45, 2.75) is 20.0 Å². The maximum Gasteiger partial charge on any atom is 0.161 e. The first-order chi connectivity index (χ1) is 8.70. The molecule has 0 aliphatic carbocycles. The normalized spacial score (nSPS) is 12.2. The van der Waals surface area contributed by atoms with Crippen LogP contribution < -0.4 is 4.74 Å². The summed E-state index contributed by atoms with van der Waals surface area (Å²) in [5.41, 5.74) is 1.69. The molecule has 0 amide bonds. The molecular weight excluding hydrogens is 228 g/mol. The summed E-state index contributed by atoms with van der Waals surface area (Å²) in [5, 5.41) is 10.2. The molecular formula is C14H16N2O2. The summed E-state index contributed by atoms with van der Waals surface area (Å²) in [7, 11) is 0. The average molecular weight is 244 g/mol. The first kappa shape index (κ1) is 12.5. The van der Waals surface area contributed by atoms with Gasteiger partial charge in [-0.25, -0.2) is 9.97 Å². The predicted octanol–water partition coefficient (Wildman–Crippen LogP) is 2.27. The Labute approximate surface area is 106 Å². The van der Waals surface area contributed by atoms with E-state index in [1.54, 1.807) is 18.5 Å². The third-order valence-corrected chi connectivity index (χ3v) is 2.53. The molecule has 1 heterocycles. The second-order valence-electron chi connectivity index (χ2n) is 4.03. The van der Waals surface area contributed by atoms with Gasteiger partial charge in [0.15, 0.2) is 5.82 Å². The number of nitrogens with zero attached hydrogens (tertiary/aromatic N) is 2. The van der Waals surface area contributed by atoms with Crippen LogP contribution in [0.5, 0.6) is 5.75 Å². The third-order valence-electron chi connectivity index (χ3n) is 2.53. The SMILES string of the molecule is CCOc1cccc(C(O)c2ncc(C)cn2)c1. The van der Waals surface area contributed by atoms with Crippen LogP contribution in [-0.2, 0) is 0 Å². The molecule has 0 bridgehead atoms. The van der Waals surface area contributed by atoms with E-state index in [-0.39, 0.29) is 0 Å². The minimum atomic E-state index is -0.828. The van der Waals surface area contributed by atoms with E-state index in [0.29, 0.717) is 12.4 Å². The summed E-state index contributed by atoms with van der Waals surface area (Å²) in [6.07, 6.45) is 2.56. The average Bonchev–Trinajstić information content (AvgIpc) is 2.39. The molecule has 94 valence electrons. The number of hydrogen-bond acceptors (Lipinski definition) is 4. The van der Waals surface area contributed by atoms with Gasteiger partial charge in [-0.2, -0.15) is 0 Å². The fourth-order valence-corrected chi connectivity index (χ4v) is 1.63. The fourth-order valence-electron chi connectivity index (χ4n) is 1.63. The zero-order chi connectivity index (χ0) is 13.0. The molecule has 1 atom stereocenters. The third kappa shape index (κ3) is 2.84. The van der Waals surface area contributed by atoms with E-state index in [9.17, 15) is 5.11 Å². The molecule has 1 N–H and O–H groups in total. The summed E-state index contributed by atoms with van der Waals surface area (Å²) in [6.45, 7) is 4.43. The van der Waals surface area contributed by atoms with Crippen molar-refractivity contribution in [2.24, 2.45) is 0 Å². The van der Waals surface area contributed by atoms with Crippen molar-refractivity contribution >= 4 is 0 Å². The van der Waals surface area contributed by atoms with E-state index in [0.717, 1.165) is 16.9 Å². The smallest absolute Gasteiger partial charge is 0.161 e. The van der Waals surface area contributed by atoms with E-state index in [1.165, 1.54) is 0 Å². The lowest BCUT2D eigenvalue weighted by atomic mass is 10.1. The van der Waals surface area contributed by atoms with Gasteiger partial charge in [0.2, 0.25) is 0 Å². The number of aryl methyl sites for hydroxylation is 1. The number of rotatable bonds is 4. The lowest BCUT2D eigenvalue weighted by molar-refractivity contribution is 0.209. The van der Waals surface area contributed by atoms with Crippen LogP contribution in [-0.4, -0.2) is 21.7 Å². The van der Waals surface area contributed by atoms with E-state index in [1.807, 2.05) is 32.0 Å². The van der Waals surface area contributed by atoms with Gasteiger partial charge in [-0.3, -0.25) is 0 Å². The van der Waals surface area contributed by atoms with Gasteiger partial charge >= 0.3 is 0 Å².